The smallest absolute Gasteiger partial charge is 0.326 e. The van der Waals surface area contributed by atoms with E-state index in [9.17, 15) is 22.4 Å². The number of urea groups is 1. The number of carbonyl (C=O) groups excluding carboxylic acids is 2. The van der Waals surface area contributed by atoms with Gasteiger partial charge in [-0.25, -0.2) is 22.6 Å². The molecular weight excluding hydrogens is 623 g/mol. The van der Waals surface area contributed by atoms with E-state index < -0.39 is 21.7 Å². The van der Waals surface area contributed by atoms with Gasteiger partial charge in [0.2, 0.25) is 15.9 Å². The fourth-order valence-electron chi connectivity index (χ4n) is 5.45. The Balaban J connectivity index is 1.20. The van der Waals surface area contributed by atoms with Crippen LogP contribution >= 0.6 is 0 Å². The molecule has 3 N–H and O–H groups in total. The Labute approximate surface area is 273 Å². The Hall–Kier alpha value is -5.01. The second-order valence-corrected chi connectivity index (χ2v) is 13.2. The number of anilines is 3. The molecule has 13 heteroatoms. The van der Waals surface area contributed by atoms with Gasteiger partial charge in [0.05, 0.1) is 11.8 Å². The number of rotatable bonds is 10. The van der Waals surface area contributed by atoms with E-state index in [1.165, 1.54) is 25.2 Å². The third kappa shape index (κ3) is 9.05. The standard InChI is InChI=1S/C34H37FN6O5S/c1-23-5-4-6-28(19-23)41(34(43)38-26-10-13-31(35)30(20-26)33(42)36-2)27-15-17-40(18-16-27)22-24-7-14-32(37-21-24)46-29-11-8-25(9-12-29)39-47(3,44)45/h4-14,19-21,27,39H,15-18,22H2,1-3H3,(H,36,42)(H,38,43). The predicted octanol–water partition coefficient (Wildman–Crippen LogP) is 5.76. The topological polar surface area (TPSA) is 133 Å². The number of sulfonamides is 1. The van der Waals surface area contributed by atoms with Crippen LogP contribution in [0.15, 0.2) is 85.1 Å². The molecule has 47 heavy (non-hydrogen) atoms. The zero-order chi connectivity index (χ0) is 33.6. The summed E-state index contributed by atoms with van der Waals surface area (Å²) in [4.78, 5) is 34.3. The van der Waals surface area contributed by atoms with Crippen LogP contribution in [0.3, 0.4) is 0 Å². The Morgan fingerprint density at radius 3 is 2.36 bits per heavy atom. The van der Waals surface area contributed by atoms with Crippen LogP contribution in [0, 0.1) is 12.7 Å². The van der Waals surface area contributed by atoms with Gasteiger partial charge in [0.25, 0.3) is 5.91 Å². The van der Waals surface area contributed by atoms with Gasteiger partial charge in [-0.3, -0.25) is 19.3 Å². The maximum atomic E-state index is 14.2. The van der Waals surface area contributed by atoms with Crippen molar-refractivity contribution in [2.75, 3.05) is 41.3 Å². The largest absolute Gasteiger partial charge is 0.439 e. The fourth-order valence-corrected chi connectivity index (χ4v) is 6.02. The minimum Gasteiger partial charge on any atom is -0.439 e. The average molecular weight is 661 g/mol. The van der Waals surface area contributed by atoms with Crippen molar-refractivity contribution < 1.29 is 27.1 Å². The van der Waals surface area contributed by atoms with E-state index in [4.69, 9.17) is 4.74 Å². The molecule has 0 aliphatic carbocycles. The summed E-state index contributed by atoms with van der Waals surface area (Å²) in [6, 6.07) is 21.5. The molecule has 5 rings (SSSR count). The van der Waals surface area contributed by atoms with E-state index in [2.05, 4.69) is 25.2 Å². The van der Waals surface area contributed by atoms with Crippen LogP contribution < -0.4 is 25.0 Å². The fraction of sp³-hybridized carbons (Fsp3) is 0.265. The number of aryl methyl sites for hydroxylation is 1. The zero-order valence-corrected chi connectivity index (χ0v) is 27.2. The number of likely N-dealkylation sites (tertiary alicyclic amines) is 1. The van der Waals surface area contributed by atoms with Crippen molar-refractivity contribution in [1.29, 1.82) is 0 Å². The van der Waals surface area contributed by atoms with Gasteiger partial charge in [0, 0.05) is 62.0 Å². The number of halogens is 1. The van der Waals surface area contributed by atoms with Crippen LogP contribution in [-0.2, 0) is 16.6 Å². The number of nitrogens with zero attached hydrogens (tertiary/aromatic N) is 3. The number of amides is 3. The predicted molar refractivity (Wildman–Crippen MR) is 180 cm³/mol. The second-order valence-electron chi connectivity index (χ2n) is 11.4. The maximum absolute atomic E-state index is 14.2. The van der Waals surface area contributed by atoms with Gasteiger partial charge in [0.15, 0.2) is 0 Å². The molecule has 1 aliphatic heterocycles. The SMILES string of the molecule is CNC(=O)c1cc(NC(=O)N(c2cccc(C)c2)C2CCN(Cc3ccc(Oc4ccc(NS(C)(=O)=O)cc4)nc3)CC2)ccc1F. The minimum atomic E-state index is -3.36. The monoisotopic (exact) mass is 660 g/mol. The van der Waals surface area contributed by atoms with Crippen molar-refractivity contribution in [2.24, 2.45) is 0 Å². The Kier molecular flexibility index (Phi) is 10.4. The molecule has 3 aromatic carbocycles. The van der Waals surface area contributed by atoms with Crippen molar-refractivity contribution in [3.63, 3.8) is 0 Å². The molecule has 0 saturated carbocycles. The zero-order valence-electron chi connectivity index (χ0n) is 26.4. The molecule has 4 aromatic rings. The molecule has 246 valence electrons. The normalized spacial score (nSPS) is 13.9. The molecule has 1 aliphatic rings. The van der Waals surface area contributed by atoms with E-state index in [-0.39, 0.29) is 17.6 Å². The summed E-state index contributed by atoms with van der Waals surface area (Å²) in [5.74, 6) is -0.298. The average Bonchev–Trinajstić information content (AvgIpc) is 3.04. The van der Waals surface area contributed by atoms with Crippen molar-refractivity contribution in [2.45, 2.75) is 32.4 Å². The van der Waals surface area contributed by atoms with Gasteiger partial charge in [0.1, 0.15) is 11.6 Å². The van der Waals surface area contributed by atoms with Crippen LogP contribution in [0.25, 0.3) is 0 Å². The summed E-state index contributed by atoms with van der Waals surface area (Å²) >= 11 is 0. The first-order valence-electron chi connectivity index (χ1n) is 15.1. The van der Waals surface area contributed by atoms with Gasteiger partial charge in [-0.2, -0.15) is 0 Å². The highest BCUT2D eigenvalue weighted by molar-refractivity contribution is 7.92. The van der Waals surface area contributed by atoms with Crippen LogP contribution in [0.1, 0.15) is 34.3 Å². The maximum Gasteiger partial charge on any atom is 0.326 e. The molecule has 0 atom stereocenters. The molecule has 3 amide bonds. The molecule has 1 fully saturated rings. The highest BCUT2D eigenvalue weighted by atomic mass is 32.2. The lowest BCUT2D eigenvalue weighted by Crippen LogP contribution is -2.49. The summed E-state index contributed by atoms with van der Waals surface area (Å²) in [6.45, 7) is 4.16. The van der Waals surface area contributed by atoms with E-state index in [1.54, 1.807) is 41.4 Å². The summed E-state index contributed by atoms with van der Waals surface area (Å²) in [6.07, 6.45) is 4.32. The number of hydrogen-bond donors (Lipinski definition) is 3. The second kappa shape index (κ2) is 14.6. The Morgan fingerprint density at radius 2 is 1.72 bits per heavy atom. The number of hydrogen-bond acceptors (Lipinski definition) is 7. The number of nitrogens with one attached hydrogen (secondary N) is 3. The lowest BCUT2D eigenvalue weighted by molar-refractivity contribution is 0.0959. The third-order valence-corrected chi connectivity index (χ3v) is 8.30. The van der Waals surface area contributed by atoms with Gasteiger partial charge >= 0.3 is 6.03 Å². The Morgan fingerprint density at radius 1 is 1.00 bits per heavy atom. The number of pyridine rings is 1. The molecular formula is C34H37FN6O5S. The van der Waals surface area contributed by atoms with E-state index in [0.717, 1.165) is 49.0 Å². The number of carbonyl (C=O) groups is 2. The van der Waals surface area contributed by atoms with Crippen molar-refractivity contribution in [3.8, 4) is 11.6 Å². The highest BCUT2D eigenvalue weighted by Crippen LogP contribution is 2.28. The number of aromatic nitrogens is 1. The van der Waals surface area contributed by atoms with Crippen LogP contribution in [0.2, 0.25) is 0 Å². The summed E-state index contributed by atoms with van der Waals surface area (Å²) in [5.41, 5.74) is 3.41. The number of benzene rings is 3. The van der Waals surface area contributed by atoms with E-state index >= 15 is 0 Å². The molecule has 0 unspecified atom stereocenters. The van der Waals surface area contributed by atoms with Gasteiger partial charge < -0.3 is 15.4 Å². The lowest BCUT2D eigenvalue weighted by Gasteiger charge is -2.38. The van der Waals surface area contributed by atoms with Crippen molar-refractivity contribution >= 4 is 39.0 Å². The summed E-state index contributed by atoms with van der Waals surface area (Å²) in [7, 11) is -1.94. The molecule has 2 heterocycles. The van der Waals surface area contributed by atoms with E-state index in [1.807, 2.05) is 37.3 Å². The first-order chi connectivity index (χ1) is 22.5. The molecule has 0 spiro atoms. The first-order valence-corrected chi connectivity index (χ1v) is 17.0. The Bertz CT molecular complexity index is 1830. The number of piperidine rings is 1. The summed E-state index contributed by atoms with van der Waals surface area (Å²) in [5, 5.41) is 5.28. The van der Waals surface area contributed by atoms with Crippen molar-refractivity contribution in [1.82, 2.24) is 15.2 Å². The molecule has 0 bridgehead atoms. The van der Waals surface area contributed by atoms with E-state index in [0.29, 0.717) is 29.5 Å². The molecule has 0 radical (unpaired) electrons. The van der Waals surface area contributed by atoms with Crippen molar-refractivity contribution in [3.05, 3.63) is 108 Å². The molecule has 11 nitrogen and oxygen atoms in total. The first kappa shape index (κ1) is 33.4. The lowest BCUT2D eigenvalue weighted by atomic mass is 10.0. The van der Waals surface area contributed by atoms with Gasteiger partial charge in [-0.15, -0.1) is 0 Å². The van der Waals surface area contributed by atoms with Crippen LogP contribution in [0.4, 0.5) is 26.2 Å². The van der Waals surface area contributed by atoms with Gasteiger partial charge in [-0.05, 0) is 85.5 Å². The van der Waals surface area contributed by atoms with Gasteiger partial charge in [-0.1, -0.05) is 18.2 Å². The third-order valence-electron chi connectivity index (χ3n) is 7.69. The molecule has 1 aromatic heterocycles. The number of ether oxygens (including phenoxy) is 1. The van der Waals surface area contributed by atoms with Crippen LogP contribution in [0.5, 0.6) is 11.6 Å². The van der Waals surface area contributed by atoms with Crippen LogP contribution in [-0.4, -0.2) is 62.7 Å². The minimum absolute atomic E-state index is 0.0835. The summed E-state index contributed by atoms with van der Waals surface area (Å²) < 4.78 is 45.3. The quantitative estimate of drug-likeness (QED) is 0.197. The molecule has 1 saturated heterocycles. The highest BCUT2D eigenvalue weighted by Gasteiger charge is 2.30.